The van der Waals surface area contributed by atoms with E-state index in [2.05, 4.69) is 12.2 Å². The fourth-order valence-electron chi connectivity index (χ4n) is 2.73. The van der Waals surface area contributed by atoms with Crippen LogP contribution >= 0.6 is 0 Å². The molecule has 3 N–H and O–H groups in total. The Morgan fingerprint density at radius 1 is 1.50 bits per heavy atom. The van der Waals surface area contributed by atoms with Crippen molar-refractivity contribution in [2.75, 3.05) is 13.7 Å². The maximum atomic E-state index is 12.2. The third kappa shape index (κ3) is 4.58. The molecule has 0 radical (unpaired) electrons. The van der Waals surface area contributed by atoms with Gasteiger partial charge in [-0.2, -0.15) is 0 Å². The normalized spacial score (nSPS) is 27.6. The predicted octanol–water partition coefficient (Wildman–Crippen LogP) is 1.68. The first-order valence-electron chi connectivity index (χ1n) is 7.13. The van der Waals surface area contributed by atoms with Crippen LogP contribution in [0.1, 0.15) is 46.0 Å². The Morgan fingerprint density at radius 3 is 2.78 bits per heavy atom. The molecule has 1 fully saturated rings. The van der Waals surface area contributed by atoms with Crippen LogP contribution < -0.4 is 11.1 Å². The SMILES string of the molecule is CCC(COC)NC(=O)C(C)C1CCCC(N)C1. The number of rotatable bonds is 6. The van der Waals surface area contributed by atoms with Crippen LogP contribution in [-0.4, -0.2) is 31.7 Å². The number of carbonyl (C=O) groups is 1. The summed E-state index contributed by atoms with van der Waals surface area (Å²) in [5.74, 6) is 0.647. The number of methoxy groups -OCH3 is 1. The number of carbonyl (C=O) groups excluding carboxylic acids is 1. The Balaban J connectivity index is 2.44. The smallest absolute Gasteiger partial charge is 0.223 e. The highest BCUT2D eigenvalue weighted by Crippen LogP contribution is 2.29. The van der Waals surface area contributed by atoms with Crippen LogP contribution in [0.4, 0.5) is 0 Å². The molecule has 4 heteroatoms. The molecule has 106 valence electrons. The molecular formula is C14H28N2O2. The summed E-state index contributed by atoms with van der Waals surface area (Å²) in [6.45, 7) is 4.67. The van der Waals surface area contributed by atoms with Gasteiger partial charge in [-0.05, 0) is 31.6 Å². The van der Waals surface area contributed by atoms with Crippen molar-refractivity contribution >= 4 is 5.91 Å². The van der Waals surface area contributed by atoms with Crippen LogP contribution in [0, 0.1) is 11.8 Å². The molecule has 0 aromatic rings. The highest BCUT2D eigenvalue weighted by molar-refractivity contribution is 5.78. The molecule has 18 heavy (non-hydrogen) atoms. The van der Waals surface area contributed by atoms with Crippen molar-refractivity contribution in [3.05, 3.63) is 0 Å². The second kappa shape index (κ2) is 7.74. The zero-order valence-corrected chi connectivity index (χ0v) is 11.9. The van der Waals surface area contributed by atoms with E-state index in [9.17, 15) is 4.79 Å². The van der Waals surface area contributed by atoms with E-state index in [0.717, 1.165) is 32.1 Å². The van der Waals surface area contributed by atoms with Gasteiger partial charge in [-0.25, -0.2) is 0 Å². The van der Waals surface area contributed by atoms with Gasteiger partial charge >= 0.3 is 0 Å². The van der Waals surface area contributed by atoms with Gasteiger partial charge in [-0.1, -0.05) is 20.3 Å². The van der Waals surface area contributed by atoms with Gasteiger partial charge in [0.25, 0.3) is 0 Å². The van der Waals surface area contributed by atoms with Gasteiger partial charge in [0, 0.05) is 19.1 Å². The number of nitrogens with one attached hydrogen (secondary N) is 1. The monoisotopic (exact) mass is 256 g/mol. The van der Waals surface area contributed by atoms with Crippen LogP contribution in [-0.2, 0) is 9.53 Å². The summed E-state index contributed by atoms with van der Waals surface area (Å²) in [4.78, 5) is 12.2. The van der Waals surface area contributed by atoms with Crippen LogP contribution in [0.15, 0.2) is 0 Å². The lowest BCUT2D eigenvalue weighted by Gasteiger charge is -2.31. The quantitative estimate of drug-likeness (QED) is 0.760. The first kappa shape index (κ1) is 15.4. The molecule has 0 bridgehead atoms. The summed E-state index contributed by atoms with van der Waals surface area (Å²) < 4.78 is 5.10. The molecule has 1 amide bonds. The van der Waals surface area contributed by atoms with Crippen molar-refractivity contribution in [2.45, 2.75) is 58.0 Å². The summed E-state index contributed by atoms with van der Waals surface area (Å²) in [7, 11) is 1.67. The Kier molecular flexibility index (Phi) is 6.65. The topological polar surface area (TPSA) is 64.3 Å². The minimum atomic E-state index is 0.0576. The molecule has 4 atom stereocenters. The predicted molar refractivity (Wildman–Crippen MR) is 73.2 cm³/mol. The third-order valence-electron chi connectivity index (χ3n) is 4.08. The van der Waals surface area contributed by atoms with Gasteiger partial charge in [0.05, 0.1) is 12.6 Å². The molecule has 0 heterocycles. The van der Waals surface area contributed by atoms with E-state index in [-0.39, 0.29) is 23.9 Å². The highest BCUT2D eigenvalue weighted by atomic mass is 16.5. The Bertz CT molecular complexity index is 258. The van der Waals surface area contributed by atoms with E-state index in [1.54, 1.807) is 7.11 Å². The summed E-state index contributed by atoms with van der Waals surface area (Å²) in [6, 6.07) is 0.405. The zero-order valence-electron chi connectivity index (χ0n) is 11.9. The lowest BCUT2D eigenvalue weighted by Crippen LogP contribution is -2.43. The number of ether oxygens (including phenoxy) is 1. The van der Waals surface area contributed by atoms with Crippen LogP contribution in [0.5, 0.6) is 0 Å². The lowest BCUT2D eigenvalue weighted by molar-refractivity contribution is -0.127. The van der Waals surface area contributed by atoms with Gasteiger partial charge in [0.15, 0.2) is 0 Å². The molecule has 1 saturated carbocycles. The molecule has 1 aliphatic carbocycles. The van der Waals surface area contributed by atoms with E-state index in [0.29, 0.717) is 12.5 Å². The van der Waals surface area contributed by atoms with Gasteiger partial charge in [-0.15, -0.1) is 0 Å². The first-order chi connectivity index (χ1) is 8.58. The number of amides is 1. The fraction of sp³-hybridized carbons (Fsp3) is 0.929. The molecule has 4 nitrogen and oxygen atoms in total. The van der Waals surface area contributed by atoms with Crippen molar-refractivity contribution in [2.24, 2.45) is 17.6 Å². The van der Waals surface area contributed by atoms with E-state index in [1.807, 2.05) is 6.92 Å². The minimum absolute atomic E-state index is 0.0576. The van der Waals surface area contributed by atoms with Gasteiger partial charge in [0.1, 0.15) is 0 Å². The van der Waals surface area contributed by atoms with E-state index in [4.69, 9.17) is 10.5 Å². The van der Waals surface area contributed by atoms with Crippen molar-refractivity contribution in [3.8, 4) is 0 Å². The third-order valence-corrected chi connectivity index (χ3v) is 4.08. The fourth-order valence-corrected chi connectivity index (χ4v) is 2.73. The van der Waals surface area contributed by atoms with E-state index < -0.39 is 0 Å². The maximum absolute atomic E-state index is 12.2. The molecule has 1 aliphatic rings. The average molecular weight is 256 g/mol. The second-order valence-electron chi connectivity index (χ2n) is 5.54. The lowest BCUT2D eigenvalue weighted by atomic mass is 9.78. The largest absolute Gasteiger partial charge is 0.383 e. The molecular weight excluding hydrogens is 228 g/mol. The Hall–Kier alpha value is -0.610. The van der Waals surface area contributed by atoms with Gasteiger partial charge in [-0.3, -0.25) is 4.79 Å². The molecule has 0 aliphatic heterocycles. The standard InChI is InChI=1S/C14H28N2O2/c1-4-13(9-18-3)16-14(17)10(2)11-6-5-7-12(15)8-11/h10-13H,4-9,15H2,1-3H3,(H,16,17). The van der Waals surface area contributed by atoms with E-state index >= 15 is 0 Å². The van der Waals surface area contributed by atoms with Crippen LogP contribution in [0.25, 0.3) is 0 Å². The Morgan fingerprint density at radius 2 is 2.22 bits per heavy atom. The van der Waals surface area contributed by atoms with Gasteiger partial charge in [0.2, 0.25) is 5.91 Å². The van der Waals surface area contributed by atoms with E-state index in [1.165, 1.54) is 0 Å². The zero-order chi connectivity index (χ0) is 13.5. The molecule has 1 rings (SSSR count). The minimum Gasteiger partial charge on any atom is -0.383 e. The number of hydrogen-bond acceptors (Lipinski definition) is 3. The highest BCUT2D eigenvalue weighted by Gasteiger charge is 2.29. The van der Waals surface area contributed by atoms with Crippen molar-refractivity contribution in [1.82, 2.24) is 5.32 Å². The number of hydrogen-bond donors (Lipinski definition) is 2. The van der Waals surface area contributed by atoms with Crippen molar-refractivity contribution in [3.63, 3.8) is 0 Å². The molecule has 0 spiro atoms. The summed E-state index contributed by atoms with van der Waals surface area (Å²) in [5.41, 5.74) is 5.99. The van der Waals surface area contributed by atoms with Crippen LogP contribution in [0.3, 0.4) is 0 Å². The summed E-state index contributed by atoms with van der Waals surface area (Å²) in [6.07, 6.45) is 5.26. The van der Waals surface area contributed by atoms with Crippen LogP contribution in [0.2, 0.25) is 0 Å². The number of nitrogens with two attached hydrogens (primary N) is 1. The molecule has 0 aromatic heterocycles. The maximum Gasteiger partial charge on any atom is 0.223 e. The van der Waals surface area contributed by atoms with Crippen molar-refractivity contribution < 1.29 is 9.53 Å². The summed E-state index contributed by atoms with van der Waals surface area (Å²) >= 11 is 0. The molecule has 0 saturated heterocycles. The molecule has 4 unspecified atom stereocenters. The Labute approximate surface area is 111 Å². The van der Waals surface area contributed by atoms with Gasteiger partial charge < -0.3 is 15.8 Å². The first-order valence-corrected chi connectivity index (χ1v) is 7.13. The second-order valence-corrected chi connectivity index (χ2v) is 5.54. The molecule has 0 aromatic carbocycles. The average Bonchev–Trinajstić information content (AvgIpc) is 2.37. The van der Waals surface area contributed by atoms with Crippen molar-refractivity contribution in [1.29, 1.82) is 0 Å². The summed E-state index contributed by atoms with van der Waals surface area (Å²) in [5, 5.41) is 3.07.